The van der Waals surface area contributed by atoms with Crippen LogP contribution in [0.15, 0.2) is 48.8 Å². The highest BCUT2D eigenvalue weighted by Gasteiger charge is 2.19. The van der Waals surface area contributed by atoms with E-state index in [2.05, 4.69) is 15.3 Å². The first-order chi connectivity index (χ1) is 12.8. The molecule has 1 saturated heterocycles. The molecule has 134 valence electrons. The summed E-state index contributed by atoms with van der Waals surface area (Å²) in [6.07, 6.45) is 6.04. The third kappa shape index (κ3) is 3.86. The van der Waals surface area contributed by atoms with Gasteiger partial charge in [0.15, 0.2) is 11.6 Å². The van der Waals surface area contributed by atoms with Crippen molar-refractivity contribution in [1.82, 2.24) is 15.3 Å². The summed E-state index contributed by atoms with van der Waals surface area (Å²) in [6, 6.07) is 12.0. The van der Waals surface area contributed by atoms with E-state index in [0.717, 1.165) is 41.9 Å². The number of nitrogens with zero attached hydrogens (tertiary/aromatic N) is 2. The van der Waals surface area contributed by atoms with Gasteiger partial charge in [-0.1, -0.05) is 30.3 Å². The van der Waals surface area contributed by atoms with Crippen LogP contribution in [0.3, 0.4) is 0 Å². The van der Waals surface area contributed by atoms with E-state index in [0.29, 0.717) is 24.1 Å². The number of nitrogens with one attached hydrogen (secondary N) is 1. The van der Waals surface area contributed by atoms with Crippen molar-refractivity contribution in [2.24, 2.45) is 0 Å². The average molecular weight is 366 g/mol. The van der Waals surface area contributed by atoms with E-state index in [9.17, 15) is 0 Å². The van der Waals surface area contributed by atoms with E-state index in [4.69, 9.17) is 10.5 Å². The molecule has 6 heteroatoms. The summed E-state index contributed by atoms with van der Waals surface area (Å²) in [7, 11) is 0. The minimum absolute atomic E-state index is 0.410. The van der Waals surface area contributed by atoms with Crippen molar-refractivity contribution in [1.29, 1.82) is 0 Å². The highest BCUT2D eigenvalue weighted by molar-refractivity contribution is 7.15. The van der Waals surface area contributed by atoms with Crippen LogP contribution in [-0.4, -0.2) is 23.1 Å². The Balaban J connectivity index is 1.51. The number of thiazole rings is 1. The zero-order chi connectivity index (χ0) is 17.8. The molecule has 1 aliphatic rings. The molecule has 2 aromatic heterocycles. The van der Waals surface area contributed by atoms with Gasteiger partial charge >= 0.3 is 0 Å². The van der Waals surface area contributed by atoms with Gasteiger partial charge in [-0.25, -0.2) is 9.97 Å². The van der Waals surface area contributed by atoms with Gasteiger partial charge in [-0.05, 0) is 37.6 Å². The largest absolute Gasteiger partial charge is 0.485 e. The smallest absolute Gasteiger partial charge is 0.166 e. The van der Waals surface area contributed by atoms with Crippen LogP contribution in [0, 0.1) is 0 Å². The Hall–Kier alpha value is -2.44. The number of benzene rings is 1. The van der Waals surface area contributed by atoms with Gasteiger partial charge in [-0.2, -0.15) is 0 Å². The molecule has 0 unspecified atom stereocenters. The summed E-state index contributed by atoms with van der Waals surface area (Å²) in [4.78, 5) is 10.1. The Kier molecular flexibility index (Phi) is 5.13. The number of pyridine rings is 1. The summed E-state index contributed by atoms with van der Waals surface area (Å²) in [6.45, 7) is 2.61. The van der Waals surface area contributed by atoms with Crippen molar-refractivity contribution in [2.75, 3.05) is 18.8 Å². The van der Waals surface area contributed by atoms with Gasteiger partial charge in [0.25, 0.3) is 0 Å². The van der Waals surface area contributed by atoms with Gasteiger partial charge in [0, 0.05) is 23.9 Å². The van der Waals surface area contributed by atoms with Crippen LogP contribution in [-0.2, 0) is 6.61 Å². The van der Waals surface area contributed by atoms with Crippen LogP contribution < -0.4 is 15.8 Å². The summed E-state index contributed by atoms with van der Waals surface area (Å²) in [5, 5.41) is 4.61. The van der Waals surface area contributed by atoms with Crippen molar-refractivity contribution in [2.45, 2.75) is 25.4 Å². The molecule has 3 aromatic rings. The molecule has 1 aromatic carbocycles. The predicted molar refractivity (Wildman–Crippen MR) is 105 cm³/mol. The molecular weight excluding hydrogens is 344 g/mol. The molecule has 0 radical (unpaired) electrons. The number of hydrogen-bond acceptors (Lipinski definition) is 6. The van der Waals surface area contributed by atoms with E-state index in [1.54, 1.807) is 17.5 Å². The lowest BCUT2D eigenvalue weighted by molar-refractivity contribution is 0.307. The molecule has 0 saturated carbocycles. The minimum Gasteiger partial charge on any atom is -0.485 e. The number of hydrogen-bond donors (Lipinski definition) is 2. The number of anilines is 1. The molecule has 3 heterocycles. The van der Waals surface area contributed by atoms with Crippen molar-refractivity contribution in [3.63, 3.8) is 0 Å². The maximum atomic E-state index is 6.00. The quantitative estimate of drug-likeness (QED) is 0.718. The fraction of sp³-hybridized carbons (Fsp3) is 0.300. The van der Waals surface area contributed by atoms with Gasteiger partial charge in [0.1, 0.15) is 6.61 Å². The van der Waals surface area contributed by atoms with Gasteiger partial charge in [-0.3, -0.25) is 0 Å². The molecule has 5 nitrogen and oxygen atoms in total. The Morgan fingerprint density at radius 3 is 2.73 bits per heavy atom. The fourth-order valence-corrected chi connectivity index (χ4v) is 4.19. The van der Waals surface area contributed by atoms with Crippen LogP contribution in [0.1, 0.15) is 29.3 Å². The van der Waals surface area contributed by atoms with Crippen LogP contribution in [0.25, 0.3) is 10.4 Å². The lowest BCUT2D eigenvalue weighted by atomic mass is 9.99. The van der Waals surface area contributed by atoms with Crippen LogP contribution >= 0.6 is 11.3 Å². The predicted octanol–water partition coefficient (Wildman–Crippen LogP) is 3.83. The maximum Gasteiger partial charge on any atom is 0.166 e. The second-order valence-electron chi connectivity index (χ2n) is 6.47. The highest BCUT2D eigenvalue weighted by atomic mass is 32.1. The average Bonchev–Trinajstić information content (AvgIpc) is 3.19. The van der Waals surface area contributed by atoms with E-state index in [1.807, 2.05) is 42.6 Å². The summed E-state index contributed by atoms with van der Waals surface area (Å²) in [5.41, 5.74) is 8.10. The van der Waals surface area contributed by atoms with Gasteiger partial charge < -0.3 is 15.8 Å². The molecule has 3 N–H and O–H groups in total. The Morgan fingerprint density at radius 2 is 1.92 bits per heavy atom. The lowest BCUT2D eigenvalue weighted by Crippen LogP contribution is -2.26. The number of piperidine rings is 1. The molecule has 0 atom stereocenters. The molecule has 1 fully saturated rings. The topological polar surface area (TPSA) is 73.1 Å². The normalized spacial score (nSPS) is 15.1. The molecule has 0 aliphatic carbocycles. The first-order valence-electron chi connectivity index (χ1n) is 8.88. The standard InChI is InChI=1S/C20H22N4OS/c21-19-17(25-13-14-4-2-1-3-5-14)10-16(11-23-19)18-12-24-20(26-18)15-6-8-22-9-7-15/h1-5,10-12,15,22H,6-9,13H2,(H2,21,23). The van der Waals surface area contributed by atoms with Crippen molar-refractivity contribution < 1.29 is 4.74 Å². The first kappa shape index (κ1) is 17.0. The fourth-order valence-electron chi connectivity index (χ4n) is 3.12. The van der Waals surface area contributed by atoms with Crippen LogP contribution in [0.2, 0.25) is 0 Å². The Labute approximate surface area is 157 Å². The molecule has 0 spiro atoms. The van der Waals surface area contributed by atoms with E-state index in [-0.39, 0.29) is 0 Å². The molecule has 0 amide bonds. The first-order valence-corrected chi connectivity index (χ1v) is 9.70. The zero-order valence-corrected chi connectivity index (χ0v) is 15.3. The number of nitrogens with two attached hydrogens (primary N) is 1. The third-order valence-corrected chi connectivity index (χ3v) is 5.82. The zero-order valence-electron chi connectivity index (χ0n) is 14.5. The van der Waals surface area contributed by atoms with Crippen molar-refractivity contribution in [3.8, 4) is 16.2 Å². The second kappa shape index (κ2) is 7.85. The molecule has 0 bridgehead atoms. The summed E-state index contributed by atoms with van der Waals surface area (Å²) in [5.74, 6) is 1.58. The van der Waals surface area contributed by atoms with E-state index in [1.165, 1.54) is 5.01 Å². The van der Waals surface area contributed by atoms with Crippen molar-refractivity contribution in [3.05, 3.63) is 59.4 Å². The Morgan fingerprint density at radius 1 is 1.12 bits per heavy atom. The monoisotopic (exact) mass is 366 g/mol. The van der Waals surface area contributed by atoms with Gasteiger partial charge in [0.05, 0.1) is 9.88 Å². The molecule has 1 aliphatic heterocycles. The number of ether oxygens (including phenoxy) is 1. The third-order valence-electron chi connectivity index (χ3n) is 4.62. The highest BCUT2D eigenvalue weighted by Crippen LogP contribution is 2.35. The van der Waals surface area contributed by atoms with Gasteiger partial charge in [-0.15, -0.1) is 11.3 Å². The summed E-state index contributed by atoms with van der Waals surface area (Å²) >= 11 is 1.75. The van der Waals surface area contributed by atoms with Crippen LogP contribution in [0.4, 0.5) is 5.82 Å². The Bertz CT molecular complexity index is 859. The number of nitrogen functional groups attached to an aromatic ring is 1. The molecule has 4 rings (SSSR count). The SMILES string of the molecule is Nc1ncc(-c2cnc(C3CCNCC3)s2)cc1OCc1ccccc1. The number of rotatable bonds is 5. The maximum absolute atomic E-state index is 6.00. The second-order valence-corrected chi connectivity index (χ2v) is 7.53. The van der Waals surface area contributed by atoms with E-state index < -0.39 is 0 Å². The molecular formula is C20H22N4OS. The van der Waals surface area contributed by atoms with E-state index >= 15 is 0 Å². The van der Waals surface area contributed by atoms with Gasteiger partial charge in [0.2, 0.25) is 0 Å². The molecule has 26 heavy (non-hydrogen) atoms. The summed E-state index contributed by atoms with van der Waals surface area (Å²) < 4.78 is 5.90. The minimum atomic E-state index is 0.410. The van der Waals surface area contributed by atoms with Crippen LogP contribution in [0.5, 0.6) is 5.75 Å². The lowest BCUT2D eigenvalue weighted by Gasteiger charge is -2.20. The van der Waals surface area contributed by atoms with Crippen molar-refractivity contribution >= 4 is 17.2 Å². The number of aromatic nitrogens is 2.